The van der Waals surface area contributed by atoms with Crippen molar-refractivity contribution < 1.29 is 14.3 Å². The highest BCUT2D eigenvalue weighted by molar-refractivity contribution is 5.91. The molecule has 2 aliphatic heterocycles. The summed E-state index contributed by atoms with van der Waals surface area (Å²) < 4.78 is 13.4. The zero-order valence-electron chi connectivity index (χ0n) is 21.1. The van der Waals surface area contributed by atoms with Gasteiger partial charge in [0.25, 0.3) is 0 Å². The molecular formula is C26H34N6O3. The minimum atomic E-state index is -0.497. The van der Waals surface area contributed by atoms with Crippen molar-refractivity contribution in [3.05, 3.63) is 36.5 Å². The number of carbonyl (C=O) groups is 1. The topological polar surface area (TPSA) is 98.7 Å². The van der Waals surface area contributed by atoms with E-state index < -0.39 is 5.60 Å². The first-order valence-electron chi connectivity index (χ1n) is 12.2. The predicted octanol–water partition coefficient (Wildman–Crippen LogP) is 4.24. The molecule has 0 saturated carbocycles. The number of piperazine rings is 1. The van der Waals surface area contributed by atoms with E-state index in [1.165, 1.54) is 0 Å². The average Bonchev–Trinajstić information content (AvgIpc) is 3.49. The van der Waals surface area contributed by atoms with Crippen LogP contribution in [0.3, 0.4) is 0 Å². The Morgan fingerprint density at radius 1 is 1.17 bits per heavy atom. The number of nitrogens with two attached hydrogens (primary N) is 1. The molecule has 1 amide bonds. The summed E-state index contributed by atoms with van der Waals surface area (Å²) >= 11 is 0. The number of amides is 1. The van der Waals surface area contributed by atoms with Crippen molar-refractivity contribution in [1.82, 2.24) is 19.7 Å². The van der Waals surface area contributed by atoms with E-state index in [0.29, 0.717) is 24.9 Å². The number of hydrogen-bond donors (Lipinski definition) is 1. The number of nitrogen functional groups attached to an aromatic ring is 1. The maximum absolute atomic E-state index is 12.6. The van der Waals surface area contributed by atoms with E-state index in [1.807, 2.05) is 60.7 Å². The molecule has 5 rings (SSSR count). The van der Waals surface area contributed by atoms with Crippen LogP contribution in [0.2, 0.25) is 0 Å². The number of ether oxygens (including phenoxy) is 2. The number of rotatable bonds is 5. The quantitative estimate of drug-likeness (QED) is 0.586. The van der Waals surface area contributed by atoms with Gasteiger partial charge in [-0.3, -0.25) is 0 Å². The molecule has 0 unspecified atom stereocenters. The summed E-state index contributed by atoms with van der Waals surface area (Å²) in [5.74, 6) is 2.57. The molecule has 186 valence electrons. The molecule has 3 aromatic rings. The van der Waals surface area contributed by atoms with Crippen LogP contribution in [0, 0.1) is 5.92 Å². The largest absolute Gasteiger partial charge is 0.493 e. The number of hydrogen-bond acceptors (Lipinski definition) is 7. The fourth-order valence-electron chi connectivity index (χ4n) is 4.86. The molecule has 2 atom stereocenters. The van der Waals surface area contributed by atoms with Gasteiger partial charge in [0.2, 0.25) is 0 Å². The monoisotopic (exact) mass is 478 g/mol. The molecule has 0 radical (unpaired) electrons. The summed E-state index contributed by atoms with van der Waals surface area (Å²) in [7, 11) is 0. The molecule has 1 aromatic carbocycles. The van der Waals surface area contributed by atoms with Crippen molar-refractivity contribution in [3.63, 3.8) is 0 Å². The lowest BCUT2D eigenvalue weighted by Crippen LogP contribution is -2.50. The Morgan fingerprint density at radius 3 is 2.66 bits per heavy atom. The van der Waals surface area contributed by atoms with Gasteiger partial charge in [0.15, 0.2) is 5.82 Å². The van der Waals surface area contributed by atoms with E-state index in [0.717, 1.165) is 41.1 Å². The van der Waals surface area contributed by atoms with Crippen molar-refractivity contribution in [1.29, 1.82) is 0 Å². The third-order valence-corrected chi connectivity index (χ3v) is 6.40. The van der Waals surface area contributed by atoms with Crippen LogP contribution in [0.15, 0.2) is 36.5 Å². The Balaban J connectivity index is 1.38. The van der Waals surface area contributed by atoms with Crippen LogP contribution >= 0.6 is 0 Å². The van der Waals surface area contributed by atoms with Crippen molar-refractivity contribution in [2.45, 2.75) is 58.7 Å². The molecule has 2 N–H and O–H groups in total. The highest BCUT2D eigenvalue weighted by Crippen LogP contribution is 2.36. The highest BCUT2D eigenvalue weighted by Gasteiger charge is 2.47. The van der Waals surface area contributed by atoms with Gasteiger partial charge >= 0.3 is 6.09 Å². The molecule has 9 heteroatoms. The normalized spacial score (nSPS) is 19.7. The van der Waals surface area contributed by atoms with Crippen molar-refractivity contribution in [2.24, 2.45) is 5.92 Å². The van der Waals surface area contributed by atoms with Crippen LogP contribution in [0.25, 0.3) is 16.6 Å². The number of likely N-dealkylation sites (tertiary alicyclic amines) is 1. The first-order valence-corrected chi connectivity index (χ1v) is 12.2. The van der Waals surface area contributed by atoms with Crippen LogP contribution < -0.4 is 15.4 Å². The van der Waals surface area contributed by atoms with Crippen LogP contribution in [0.5, 0.6) is 5.75 Å². The maximum Gasteiger partial charge on any atom is 0.410 e. The Bertz CT molecular complexity index is 1250. The van der Waals surface area contributed by atoms with Gasteiger partial charge in [0, 0.05) is 36.8 Å². The first-order chi connectivity index (χ1) is 16.6. The Kier molecular flexibility index (Phi) is 5.73. The van der Waals surface area contributed by atoms with Crippen LogP contribution in [-0.4, -0.2) is 63.1 Å². The average molecular weight is 479 g/mol. The molecular weight excluding hydrogens is 444 g/mol. The van der Waals surface area contributed by atoms with Gasteiger partial charge in [-0.15, -0.1) is 5.10 Å². The van der Waals surface area contributed by atoms with Gasteiger partial charge in [-0.05, 0) is 51.3 Å². The summed E-state index contributed by atoms with van der Waals surface area (Å²) in [6, 6.07) is 10.2. The second-order valence-electron chi connectivity index (χ2n) is 10.9. The molecule has 2 bridgehead atoms. The summed E-state index contributed by atoms with van der Waals surface area (Å²) in [6.07, 6.45) is 2.48. The van der Waals surface area contributed by atoms with Crippen molar-refractivity contribution >= 4 is 28.6 Å². The zero-order chi connectivity index (χ0) is 24.9. The van der Waals surface area contributed by atoms with Gasteiger partial charge in [-0.25, -0.2) is 14.5 Å². The number of fused-ring (bicyclic) bond motifs is 3. The summed E-state index contributed by atoms with van der Waals surface area (Å²) in [4.78, 5) is 21.4. The molecule has 35 heavy (non-hydrogen) atoms. The van der Waals surface area contributed by atoms with Crippen LogP contribution in [-0.2, 0) is 4.74 Å². The Morgan fingerprint density at radius 2 is 1.97 bits per heavy atom. The first kappa shape index (κ1) is 23.3. The van der Waals surface area contributed by atoms with E-state index >= 15 is 0 Å². The number of carbonyl (C=O) groups excluding carboxylic acids is 1. The second kappa shape index (κ2) is 8.62. The number of anilines is 2. The molecule has 0 spiro atoms. The molecule has 2 aliphatic rings. The third kappa shape index (κ3) is 4.59. The van der Waals surface area contributed by atoms with Crippen LogP contribution in [0.1, 0.15) is 41.0 Å². The lowest BCUT2D eigenvalue weighted by Gasteiger charge is -2.35. The van der Waals surface area contributed by atoms with Crippen LogP contribution in [0.4, 0.5) is 16.4 Å². The van der Waals surface area contributed by atoms with Gasteiger partial charge < -0.3 is 25.0 Å². The number of nitrogens with zero attached hydrogens (tertiary/aromatic N) is 5. The Labute approximate surface area is 205 Å². The lowest BCUT2D eigenvalue weighted by atomic mass is 10.2. The smallest absolute Gasteiger partial charge is 0.410 e. The van der Waals surface area contributed by atoms with E-state index in [1.54, 1.807) is 6.20 Å². The van der Waals surface area contributed by atoms with Crippen molar-refractivity contribution in [3.8, 4) is 11.4 Å². The molecule has 4 heterocycles. The van der Waals surface area contributed by atoms with Crippen molar-refractivity contribution in [2.75, 3.05) is 30.3 Å². The number of pyridine rings is 1. The van der Waals surface area contributed by atoms with Gasteiger partial charge in [0.1, 0.15) is 17.2 Å². The fourth-order valence-corrected chi connectivity index (χ4v) is 4.86. The van der Waals surface area contributed by atoms with Gasteiger partial charge in [-0.2, -0.15) is 0 Å². The molecule has 2 fully saturated rings. The predicted molar refractivity (Wildman–Crippen MR) is 136 cm³/mol. The third-order valence-electron chi connectivity index (χ3n) is 6.40. The summed E-state index contributed by atoms with van der Waals surface area (Å²) in [5, 5.41) is 5.49. The van der Waals surface area contributed by atoms with E-state index in [9.17, 15) is 4.79 Å². The van der Waals surface area contributed by atoms with E-state index in [2.05, 4.69) is 28.8 Å². The summed E-state index contributed by atoms with van der Waals surface area (Å²) in [5.41, 5.74) is 7.51. The molecule has 2 saturated heterocycles. The lowest BCUT2D eigenvalue weighted by molar-refractivity contribution is 0.0214. The van der Waals surface area contributed by atoms with Gasteiger partial charge in [0.05, 0.1) is 29.9 Å². The number of benzene rings is 1. The maximum atomic E-state index is 12.6. The minimum Gasteiger partial charge on any atom is -0.493 e. The standard InChI is InChI=1S/C26H34N6O3/c1-16(2)15-34-20-6-7-21-22(12-20)32(29-24(21)27)17-8-9-28-23(11-17)30-13-19-10-18(30)14-31(19)25(33)35-26(3,4)5/h6-9,11-12,16,18-19H,10,13-15H2,1-5H3,(H2,27,29)/t18-,19-/m0/s1. The van der Waals surface area contributed by atoms with E-state index in [4.69, 9.17) is 15.2 Å². The SMILES string of the molecule is CC(C)COc1ccc2c(N)nn(-c3ccnc(N4C[C@@H]5C[C@H]4CN5C(=O)OC(C)(C)C)c3)c2c1. The van der Waals surface area contributed by atoms with Gasteiger partial charge in [-0.1, -0.05) is 13.8 Å². The molecule has 9 nitrogen and oxygen atoms in total. The Hall–Kier alpha value is -3.49. The zero-order valence-corrected chi connectivity index (χ0v) is 21.1. The van der Waals surface area contributed by atoms with E-state index in [-0.39, 0.29) is 18.2 Å². The second-order valence-corrected chi connectivity index (χ2v) is 10.9. The highest BCUT2D eigenvalue weighted by atomic mass is 16.6. The number of aromatic nitrogens is 3. The minimum absolute atomic E-state index is 0.127. The summed E-state index contributed by atoms with van der Waals surface area (Å²) in [6.45, 7) is 11.9. The molecule has 2 aromatic heterocycles. The fraction of sp³-hybridized carbons (Fsp3) is 0.500. The molecule has 0 aliphatic carbocycles.